The third kappa shape index (κ3) is 4.18. The molecule has 2 heterocycles. The zero-order valence-electron chi connectivity index (χ0n) is 17.2. The molecule has 3 aromatic rings. The number of rotatable bonds is 6. The molecule has 7 heteroatoms. The van der Waals surface area contributed by atoms with Gasteiger partial charge in [0.1, 0.15) is 23.0 Å². The molecule has 0 fully saturated rings. The highest BCUT2D eigenvalue weighted by Crippen LogP contribution is 2.31. The second-order valence-corrected chi connectivity index (χ2v) is 7.13. The first-order valence-electron chi connectivity index (χ1n) is 9.28. The Morgan fingerprint density at radius 3 is 2.28 bits per heavy atom. The van der Waals surface area contributed by atoms with Crippen LogP contribution < -0.4 is 11.1 Å². The first-order chi connectivity index (χ1) is 13.7. The highest BCUT2D eigenvalue weighted by Gasteiger charge is 2.26. The Balaban J connectivity index is 2.08. The molecule has 1 aromatic carbocycles. The van der Waals surface area contributed by atoms with Gasteiger partial charge in [-0.1, -0.05) is 29.8 Å². The van der Waals surface area contributed by atoms with E-state index in [-0.39, 0.29) is 22.8 Å². The fourth-order valence-corrected chi connectivity index (χ4v) is 3.36. The van der Waals surface area contributed by atoms with E-state index in [1.54, 1.807) is 13.8 Å². The van der Waals surface area contributed by atoms with Gasteiger partial charge in [-0.05, 0) is 40.2 Å². The van der Waals surface area contributed by atoms with Crippen molar-refractivity contribution < 1.29 is 14.0 Å². The van der Waals surface area contributed by atoms with Crippen LogP contribution in [-0.4, -0.2) is 21.7 Å². The standard InChI is InChI=1S/C22H24N4O3/c1-11-6-8-16(9-7-11)10-17-12(2)24-15(5)25-21(17)26-22-19(20(23)28)18(13(3)27)14(4)29-22/h6-9H,10H2,1-5H3,(H2,23,28)(H,24,25,26). The van der Waals surface area contributed by atoms with E-state index < -0.39 is 5.91 Å². The minimum Gasteiger partial charge on any atom is -0.444 e. The predicted octanol–water partition coefficient (Wildman–Crippen LogP) is 3.94. The van der Waals surface area contributed by atoms with Crippen molar-refractivity contribution in [2.75, 3.05) is 5.32 Å². The van der Waals surface area contributed by atoms with Crippen molar-refractivity contribution in [2.45, 2.75) is 41.0 Å². The lowest BCUT2D eigenvalue weighted by atomic mass is 10.0. The molecule has 0 aliphatic rings. The van der Waals surface area contributed by atoms with E-state index in [0.717, 1.165) is 16.8 Å². The zero-order valence-corrected chi connectivity index (χ0v) is 17.2. The van der Waals surface area contributed by atoms with Crippen LogP contribution in [0.4, 0.5) is 11.7 Å². The highest BCUT2D eigenvalue weighted by atomic mass is 16.4. The number of primary amides is 1. The number of benzene rings is 1. The molecular weight excluding hydrogens is 368 g/mol. The first kappa shape index (κ1) is 20.3. The number of amides is 1. The minimum absolute atomic E-state index is 0.0326. The SMILES string of the molecule is CC(=O)c1c(C)oc(Nc2nc(C)nc(C)c2Cc2ccc(C)cc2)c1C(N)=O. The Kier molecular flexibility index (Phi) is 5.50. The Labute approximate surface area is 169 Å². The van der Waals surface area contributed by atoms with E-state index in [1.165, 1.54) is 12.5 Å². The summed E-state index contributed by atoms with van der Waals surface area (Å²) in [5.41, 5.74) is 9.71. The third-order valence-corrected chi connectivity index (χ3v) is 4.74. The van der Waals surface area contributed by atoms with Crippen LogP contribution in [-0.2, 0) is 6.42 Å². The Hall–Kier alpha value is -3.48. The van der Waals surface area contributed by atoms with Crippen LogP contribution in [0.25, 0.3) is 0 Å². The number of nitrogens with two attached hydrogens (primary N) is 1. The number of ketones is 1. The molecule has 0 aliphatic carbocycles. The fraction of sp³-hybridized carbons (Fsp3) is 0.273. The van der Waals surface area contributed by atoms with Gasteiger partial charge in [0.15, 0.2) is 5.78 Å². The van der Waals surface area contributed by atoms with Crippen molar-refractivity contribution in [1.82, 2.24) is 9.97 Å². The molecule has 150 valence electrons. The minimum atomic E-state index is -0.739. The normalized spacial score (nSPS) is 10.8. The van der Waals surface area contributed by atoms with E-state index in [2.05, 4.69) is 27.4 Å². The number of furan rings is 1. The summed E-state index contributed by atoms with van der Waals surface area (Å²) in [4.78, 5) is 33.0. The van der Waals surface area contributed by atoms with Gasteiger partial charge in [0, 0.05) is 17.7 Å². The summed E-state index contributed by atoms with van der Waals surface area (Å²) in [6.45, 7) is 8.73. The summed E-state index contributed by atoms with van der Waals surface area (Å²) < 4.78 is 5.68. The molecule has 0 saturated carbocycles. The lowest BCUT2D eigenvalue weighted by Crippen LogP contribution is -2.16. The van der Waals surface area contributed by atoms with Crippen LogP contribution in [0, 0.1) is 27.7 Å². The number of carbonyl (C=O) groups excluding carboxylic acids is 2. The highest BCUT2D eigenvalue weighted by molar-refractivity contribution is 6.10. The molecule has 0 aliphatic heterocycles. The molecule has 0 radical (unpaired) electrons. The van der Waals surface area contributed by atoms with Crippen molar-refractivity contribution in [3.63, 3.8) is 0 Å². The number of hydrogen-bond donors (Lipinski definition) is 2. The lowest BCUT2D eigenvalue weighted by molar-refractivity contribution is 0.0974. The van der Waals surface area contributed by atoms with Gasteiger partial charge in [0.2, 0.25) is 5.88 Å². The third-order valence-electron chi connectivity index (χ3n) is 4.74. The molecule has 0 unspecified atom stereocenters. The van der Waals surface area contributed by atoms with E-state index in [1.807, 2.05) is 26.0 Å². The molecule has 0 saturated heterocycles. The molecule has 2 aromatic heterocycles. The van der Waals surface area contributed by atoms with Gasteiger partial charge in [0.25, 0.3) is 5.91 Å². The largest absolute Gasteiger partial charge is 0.444 e. The van der Waals surface area contributed by atoms with Crippen molar-refractivity contribution in [3.05, 3.63) is 69.4 Å². The maximum Gasteiger partial charge on any atom is 0.255 e. The van der Waals surface area contributed by atoms with Crippen LogP contribution in [0.5, 0.6) is 0 Å². The molecule has 0 atom stereocenters. The van der Waals surface area contributed by atoms with Gasteiger partial charge in [-0.3, -0.25) is 9.59 Å². The quantitative estimate of drug-likeness (QED) is 0.615. The summed E-state index contributed by atoms with van der Waals surface area (Å²) in [5, 5.41) is 3.08. The number of Topliss-reactive ketones (excluding diaryl/α,β-unsaturated/α-hetero) is 1. The number of nitrogens with one attached hydrogen (secondary N) is 1. The van der Waals surface area contributed by atoms with Crippen molar-refractivity contribution >= 4 is 23.4 Å². The Morgan fingerprint density at radius 1 is 1.03 bits per heavy atom. The number of carbonyl (C=O) groups is 2. The van der Waals surface area contributed by atoms with E-state index in [0.29, 0.717) is 23.8 Å². The van der Waals surface area contributed by atoms with Crippen LogP contribution in [0.15, 0.2) is 28.7 Å². The average molecular weight is 392 g/mol. The van der Waals surface area contributed by atoms with Gasteiger partial charge >= 0.3 is 0 Å². The topological polar surface area (TPSA) is 111 Å². The Morgan fingerprint density at radius 2 is 1.69 bits per heavy atom. The second kappa shape index (κ2) is 7.87. The van der Waals surface area contributed by atoms with Gasteiger partial charge in [-0.2, -0.15) is 0 Å². The van der Waals surface area contributed by atoms with Crippen LogP contribution >= 0.6 is 0 Å². The summed E-state index contributed by atoms with van der Waals surface area (Å²) in [6, 6.07) is 8.20. The molecule has 3 N–H and O–H groups in total. The average Bonchev–Trinajstić information content (AvgIpc) is 2.96. The summed E-state index contributed by atoms with van der Waals surface area (Å²) in [7, 11) is 0. The predicted molar refractivity (Wildman–Crippen MR) is 111 cm³/mol. The zero-order chi connectivity index (χ0) is 21.3. The number of aromatic nitrogens is 2. The number of hydrogen-bond acceptors (Lipinski definition) is 6. The molecule has 1 amide bonds. The monoisotopic (exact) mass is 392 g/mol. The van der Waals surface area contributed by atoms with Crippen LogP contribution in [0.3, 0.4) is 0 Å². The fourth-order valence-electron chi connectivity index (χ4n) is 3.36. The van der Waals surface area contributed by atoms with Gasteiger partial charge < -0.3 is 15.5 Å². The van der Waals surface area contributed by atoms with Crippen molar-refractivity contribution in [1.29, 1.82) is 0 Å². The van der Waals surface area contributed by atoms with Crippen LogP contribution in [0.1, 0.15) is 61.6 Å². The van der Waals surface area contributed by atoms with Gasteiger partial charge in [-0.25, -0.2) is 9.97 Å². The Bertz CT molecular complexity index is 1100. The molecule has 7 nitrogen and oxygen atoms in total. The van der Waals surface area contributed by atoms with Gasteiger partial charge in [0.05, 0.1) is 5.56 Å². The maximum absolute atomic E-state index is 12.0. The molecule has 29 heavy (non-hydrogen) atoms. The smallest absolute Gasteiger partial charge is 0.255 e. The number of aryl methyl sites for hydroxylation is 4. The molecular formula is C22H24N4O3. The molecule has 0 spiro atoms. The van der Waals surface area contributed by atoms with Crippen molar-refractivity contribution in [3.8, 4) is 0 Å². The summed E-state index contributed by atoms with van der Waals surface area (Å²) >= 11 is 0. The van der Waals surface area contributed by atoms with Gasteiger partial charge in [-0.15, -0.1) is 0 Å². The lowest BCUT2D eigenvalue weighted by Gasteiger charge is -2.14. The molecule has 0 bridgehead atoms. The van der Waals surface area contributed by atoms with E-state index in [9.17, 15) is 9.59 Å². The number of nitrogens with zero attached hydrogens (tertiary/aromatic N) is 2. The van der Waals surface area contributed by atoms with Crippen LogP contribution in [0.2, 0.25) is 0 Å². The number of anilines is 2. The molecule has 3 rings (SSSR count). The first-order valence-corrected chi connectivity index (χ1v) is 9.28. The second-order valence-electron chi connectivity index (χ2n) is 7.13. The summed E-state index contributed by atoms with van der Waals surface area (Å²) in [6.07, 6.45) is 0.597. The van der Waals surface area contributed by atoms with Crippen molar-refractivity contribution in [2.24, 2.45) is 5.73 Å². The maximum atomic E-state index is 12.0. The summed E-state index contributed by atoms with van der Waals surface area (Å²) in [5.74, 6) is 0.509. The van der Waals surface area contributed by atoms with E-state index >= 15 is 0 Å². The van der Waals surface area contributed by atoms with E-state index in [4.69, 9.17) is 10.2 Å².